The molecule has 0 saturated carbocycles. The lowest BCUT2D eigenvalue weighted by molar-refractivity contribution is -0.138. The first-order valence-electron chi connectivity index (χ1n) is 11.2. The van der Waals surface area contributed by atoms with Crippen molar-refractivity contribution in [3.8, 4) is 0 Å². The van der Waals surface area contributed by atoms with E-state index in [1.807, 2.05) is 41.0 Å². The molecule has 0 atom stereocenters. The standard InChI is InChI=1S/C24H31N3O2S2/c1-17-7-11-26(12-8-17)23(29)21-9-13-27(14-10-21)22(28)20-5-3-19(4-6-20)16-31-24-25-18(2)15-30-24/h3-6,15,17,21H,7-14,16H2,1-2H3. The van der Waals surface area contributed by atoms with E-state index in [4.69, 9.17) is 0 Å². The van der Waals surface area contributed by atoms with Gasteiger partial charge >= 0.3 is 0 Å². The fourth-order valence-electron chi connectivity index (χ4n) is 4.29. The third-order valence-corrected chi connectivity index (χ3v) is 8.60. The highest BCUT2D eigenvalue weighted by Gasteiger charge is 2.31. The number of benzene rings is 1. The van der Waals surface area contributed by atoms with Crippen LogP contribution in [0, 0.1) is 18.8 Å². The number of rotatable bonds is 5. The molecule has 7 heteroatoms. The lowest BCUT2D eigenvalue weighted by atomic mass is 9.92. The number of hydrogen-bond acceptors (Lipinski definition) is 5. The van der Waals surface area contributed by atoms with Crippen LogP contribution < -0.4 is 0 Å². The summed E-state index contributed by atoms with van der Waals surface area (Å²) >= 11 is 3.40. The zero-order valence-electron chi connectivity index (χ0n) is 18.4. The molecular weight excluding hydrogens is 426 g/mol. The molecule has 0 N–H and O–H groups in total. The third kappa shape index (κ3) is 5.69. The van der Waals surface area contributed by atoms with E-state index < -0.39 is 0 Å². The first kappa shape index (κ1) is 22.3. The van der Waals surface area contributed by atoms with Gasteiger partial charge in [0.15, 0.2) is 0 Å². The Morgan fingerprint density at radius 1 is 1.03 bits per heavy atom. The lowest BCUT2D eigenvalue weighted by Gasteiger charge is -2.36. The summed E-state index contributed by atoms with van der Waals surface area (Å²) in [4.78, 5) is 34.2. The summed E-state index contributed by atoms with van der Waals surface area (Å²) in [5, 5.41) is 2.06. The van der Waals surface area contributed by atoms with Gasteiger partial charge in [0.05, 0.1) is 0 Å². The molecule has 4 rings (SSSR count). The van der Waals surface area contributed by atoms with Gasteiger partial charge in [-0.2, -0.15) is 0 Å². The number of thiazole rings is 1. The Bertz CT molecular complexity index is 896. The molecule has 0 bridgehead atoms. The molecular formula is C24H31N3O2S2. The Labute approximate surface area is 193 Å². The van der Waals surface area contributed by atoms with Gasteiger partial charge < -0.3 is 9.80 Å². The van der Waals surface area contributed by atoms with E-state index in [-0.39, 0.29) is 11.8 Å². The molecule has 1 aromatic carbocycles. The second-order valence-electron chi connectivity index (χ2n) is 8.81. The second kappa shape index (κ2) is 10.2. The van der Waals surface area contributed by atoms with Crippen molar-refractivity contribution in [2.45, 2.75) is 49.6 Å². The van der Waals surface area contributed by atoms with Gasteiger partial charge in [0.1, 0.15) is 4.34 Å². The van der Waals surface area contributed by atoms with Gasteiger partial charge in [-0.3, -0.25) is 9.59 Å². The van der Waals surface area contributed by atoms with Gasteiger partial charge in [-0.05, 0) is 56.2 Å². The lowest BCUT2D eigenvalue weighted by Crippen LogP contribution is -2.46. The molecule has 2 fully saturated rings. The Hall–Kier alpha value is -1.86. The summed E-state index contributed by atoms with van der Waals surface area (Å²) in [6, 6.07) is 7.93. The Morgan fingerprint density at radius 2 is 1.68 bits per heavy atom. The van der Waals surface area contributed by atoms with Crippen LogP contribution in [0.2, 0.25) is 0 Å². The monoisotopic (exact) mass is 457 g/mol. The maximum atomic E-state index is 12.9. The Morgan fingerprint density at radius 3 is 2.29 bits per heavy atom. The average molecular weight is 458 g/mol. The number of nitrogens with zero attached hydrogens (tertiary/aromatic N) is 3. The molecule has 166 valence electrons. The number of carbonyl (C=O) groups excluding carboxylic acids is 2. The first-order chi connectivity index (χ1) is 15.0. The van der Waals surface area contributed by atoms with Crippen LogP contribution in [0.25, 0.3) is 0 Å². The van der Waals surface area contributed by atoms with Gasteiger partial charge in [0, 0.05) is 54.5 Å². The van der Waals surface area contributed by atoms with Crippen LogP contribution in [0.3, 0.4) is 0 Å². The number of aromatic nitrogens is 1. The van der Waals surface area contributed by atoms with Crippen LogP contribution in [0.1, 0.15) is 54.2 Å². The van der Waals surface area contributed by atoms with Crippen LogP contribution in [0.4, 0.5) is 0 Å². The minimum absolute atomic E-state index is 0.0753. The maximum absolute atomic E-state index is 12.9. The summed E-state index contributed by atoms with van der Waals surface area (Å²) in [6.45, 7) is 7.39. The maximum Gasteiger partial charge on any atom is 0.253 e. The summed E-state index contributed by atoms with van der Waals surface area (Å²) in [7, 11) is 0. The smallest absolute Gasteiger partial charge is 0.253 e. The van der Waals surface area contributed by atoms with Crippen molar-refractivity contribution >= 4 is 34.9 Å². The van der Waals surface area contributed by atoms with Crippen LogP contribution in [-0.2, 0) is 10.5 Å². The number of amides is 2. The molecule has 2 saturated heterocycles. The van der Waals surface area contributed by atoms with Crippen LogP contribution in [-0.4, -0.2) is 52.8 Å². The molecule has 2 aliphatic heterocycles. The molecule has 0 spiro atoms. The Balaban J connectivity index is 1.26. The summed E-state index contributed by atoms with van der Waals surface area (Å²) in [6.07, 6.45) is 3.78. The van der Waals surface area contributed by atoms with Crippen molar-refractivity contribution in [2.24, 2.45) is 11.8 Å². The zero-order chi connectivity index (χ0) is 21.8. The van der Waals surface area contributed by atoms with Gasteiger partial charge in [0.2, 0.25) is 5.91 Å². The molecule has 0 aliphatic carbocycles. The largest absolute Gasteiger partial charge is 0.342 e. The molecule has 2 aliphatic rings. The summed E-state index contributed by atoms with van der Waals surface area (Å²) < 4.78 is 1.08. The summed E-state index contributed by atoms with van der Waals surface area (Å²) in [5.74, 6) is 2.03. The molecule has 0 unspecified atom stereocenters. The number of hydrogen-bond donors (Lipinski definition) is 0. The second-order valence-corrected chi connectivity index (χ2v) is 10.9. The van der Waals surface area contributed by atoms with E-state index >= 15 is 0 Å². The topological polar surface area (TPSA) is 53.5 Å². The highest BCUT2D eigenvalue weighted by molar-refractivity contribution is 8.00. The molecule has 5 nitrogen and oxygen atoms in total. The van der Waals surface area contributed by atoms with Gasteiger partial charge in [-0.1, -0.05) is 30.8 Å². The average Bonchev–Trinajstić information content (AvgIpc) is 3.23. The highest BCUT2D eigenvalue weighted by atomic mass is 32.2. The fourth-order valence-corrected chi connectivity index (χ4v) is 6.09. The SMILES string of the molecule is Cc1csc(SCc2ccc(C(=O)N3CCC(C(=O)N4CCC(C)CC4)CC3)cc2)n1. The normalized spacial score (nSPS) is 18.4. The van der Waals surface area contributed by atoms with Crippen molar-refractivity contribution in [3.05, 3.63) is 46.5 Å². The van der Waals surface area contributed by atoms with Crippen molar-refractivity contribution in [1.82, 2.24) is 14.8 Å². The Kier molecular flexibility index (Phi) is 7.33. The number of piperidine rings is 2. The van der Waals surface area contributed by atoms with Crippen molar-refractivity contribution in [3.63, 3.8) is 0 Å². The van der Waals surface area contributed by atoms with E-state index in [0.29, 0.717) is 19.0 Å². The predicted octanol–water partition coefficient (Wildman–Crippen LogP) is 4.85. The van der Waals surface area contributed by atoms with Gasteiger partial charge in [0.25, 0.3) is 5.91 Å². The molecule has 31 heavy (non-hydrogen) atoms. The van der Waals surface area contributed by atoms with Crippen molar-refractivity contribution in [1.29, 1.82) is 0 Å². The number of aryl methyl sites for hydroxylation is 1. The van der Waals surface area contributed by atoms with E-state index in [9.17, 15) is 9.59 Å². The number of carbonyl (C=O) groups is 2. The molecule has 0 radical (unpaired) electrons. The van der Waals surface area contributed by atoms with Crippen molar-refractivity contribution in [2.75, 3.05) is 26.2 Å². The first-order valence-corrected chi connectivity index (χ1v) is 13.1. The number of thioether (sulfide) groups is 1. The fraction of sp³-hybridized carbons (Fsp3) is 0.542. The quantitative estimate of drug-likeness (QED) is 0.602. The molecule has 2 aromatic rings. The highest BCUT2D eigenvalue weighted by Crippen LogP contribution is 2.27. The van der Waals surface area contributed by atoms with Crippen molar-refractivity contribution < 1.29 is 9.59 Å². The van der Waals surface area contributed by atoms with E-state index in [2.05, 4.69) is 17.3 Å². The van der Waals surface area contributed by atoms with Crippen LogP contribution in [0.15, 0.2) is 34.0 Å². The van der Waals surface area contributed by atoms with E-state index in [1.165, 1.54) is 5.56 Å². The van der Waals surface area contributed by atoms with Gasteiger partial charge in [-0.25, -0.2) is 4.98 Å². The minimum Gasteiger partial charge on any atom is -0.342 e. The third-order valence-electron chi connectivity index (χ3n) is 6.39. The van der Waals surface area contributed by atoms with E-state index in [1.54, 1.807) is 23.1 Å². The summed E-state index contributed by atoms with van der Waals surface area (Å²) in [5.41, 5.74) is 2.98. The molecule has 3 heterocycles. The predicted molar refractivity (Wildman–Crippen MR) is 126 cm³/mol. The van der Waals surface area contributed by atoms with Crippen LogP contribution >= 0.6 is 23.1 Å². The van der Waals surface area contributed by atoms with Gasteiger partial charge in [-0.15, -0.1) is 11.3 Å². The molecule has 2 amide bonds. The molecule has 1 aromatic heterocycles. The number of likely N-dealkylation sites (tertiary alicyclic amines) is 2. The minimum atomic E-state index is 0.0753. The van der Waals surface area contributed by atoms with E-state index in [0.717, 1.165) is 66.0 Å². The van der Waals surface area contributed by atoms with Crippen LogP contribution in [0.5, 0.6) is 0 Å². The zero-order valence-corrected chi connectivity index (χ0v) is 20.0.